The summed E-state index contributed by atoms with van der Waals surface area (Å²) in [5.74, 6) is 0.499. The van der Waals surface area contributed by atoms with Gasteiger partial charge in [-0.2, -0.15) is 0 Å². The van der Waals surface area contributed by atoms with Crippen molar-refractivity contribution in [1.29, 1.82) is 0 Å². The summed E-state index contributed by atoms with van der Waals surface area (Å²) in [6, 6.07) is 0. The molecule has 0 bridgehead atoms. The van der Waals surface area contributed by atoms with Crippen LogP contribution in [-0.2, 0) is 4.79 Å². The predicted octanol–water partition coefficient (Wildman–Crippen LogP) is 1.35. The summed E-state index contributed by atoms with van der Waals surface area (Å²) in [5, 5.41) is 15.9. The minimum absolute atomic E-state index is 0.00647. The number of nitrogens with zero attached hydrogens (tertiary/aromatic N) is 2. The maximum absolute atomic E-state index is 11.2. The second kappa shape index (κ2) is 5.36. The Labute approximate surface area is 98.7 Å². The third-order valence-corrected chi connectivity index (χ3v) is 3.70. The molecule has 0 aliphatic carbocycles. The first-order valence-corrected chi connectivity index (χ1v) is 6.45. The Balaban J connectivity index is 1.98. The molecule has 88 valence electrons. The zero-order chi connectivity index (χ0) is 11.4. The van der Waals surface area contributed by atoms with Gasteiger partial charge in [0.1, 0.15) is 5.01 Å². The van der Waals surface area contributed by atoms with Gasteiger partial charge in [0.2, 0.25) is 11.0 Å². The number of nitrogens with one attached hydrogen (secondary N) is 2. The summed E-state index contributed by atoms with van der Waals surface area (Å²) in [6.07, 6.45) is 2.69. The zero-order valence-electron chi connectivity index (χ0n) is 9.32. The second-order valence-corrected chi connectivity index (χ2v) is 4.88. The van der Waals surface area contributed by atoms with Crippen LogP contribution in [0.2, 0.25) is 0 Å². The highest BCUT2D eigenvalue weighted by Crippen LogP contribution is 2.29. The lowest BCUT2D eigenvalue weighted by Crippen LogP contribution is -2.26. The average Bonchev–Trinajstić information content (AvgIpc) is 2.78. The molecule has 1 amide bonds. The molecule has 16 heavy (non-hydrogen) atoms. The van der Waals surface area contributed by atoms with Gasteiger partial charge in [0.05, 0.1) is 0 Å². The summed E-state index contributed by atoms with van der Waals surface area (Å²) < 4.78 is 0. The molecular weight excluding hydrogens is 224 g/mol. The molecule has 1 aliphatic heterocycles. The quantitative estimate of drug-likeness (QED) is 0.837. The monoisotopic (exact) mass is 240 g/mol. The highest BCUT2D eigenvalue weighted by Gasteiger charge is 2.19. The van der Waals surface area contributed by atoms with Gasteiger partial charge in [-0.15, -0.1) is 10.2 Å². The minimum atomic E-state index is -0.00647. The van der Waals surface area contributed by atoms with Gasteiger partial charge in [0, 0.05) is 12.3 Å². The molecule has 5 nitrogen and oxygen atoms in total. The zero-order valence-corrected chi connectivity index (χ0v) is 10.1. The summed E-state index contributed by atoms with van der Waals surface area (Å²) in [4.78, 5) is 11.2. The van der Waals surface area contributed by atoms with Crippen molar-refractivity contribution in [1.82, 2.24) is 15.5 Å². The van der Waals surface area contributed by atoms with E-state index >= 15 is 0 Å². The van der Waals surface area contributed by atoms with Crippen LogP contribution in [0.15, 0.2) is 0 Å². The normalized spacial score (nSPS) is 17.3. The summed E-state index contributed by atoms with van der Waals surface area (Å²) >= 11 is 1.50. The lowest BCUT2D eigenvalue weighted by Gasteiger charge is -2.19. The number of carbonyl (C=O) groups excluding carboxylic acids is 1. The fourth-order valence-corrected chi connectivity index (χ4v) is 2.66. The Morgan fingerprint density at radius 3 is 2.94 bits per heavy atom. The number of hydrogen-bond donors (Lipinski definition) is 2. The van der Waals surface area contributed by atoms with E-state index in [2.05, 4.69) is 20.8 Å². The van der Waals surface area contributed by atoms with Crippen LogP contribution in [-0.4, -0.2) is 29.2 Å². The van der Waals surface area contributed by atoms with E-state index in [4.69, 9.17) is 0 Å². The van der Waals surface area contributed by atoms with Crippen LogP contribution in [0.3, 0.4) is 0 Å². The summed E-state index contributed by atoms with van der Waals surface area (Å²) in [5.41, 5.74) is 0. The lowest BCUT2D eigenvalue weighted by molar-refractivity contribution is -0.115. The number of hydrogen-bond acceptors (Lipinski definition) is 5. The number of anilines is 1. The molecular formula is C10H16N4OS. The molecule has 0 saturated carbocycles. The SMILES string of the molecule is CCC(=O)Nc1nnc(C2CCNCC2)s1. The predicted molar refractivity (Wildman–Crippen MR) is 63.7 cm³/mol. The van der Waals surface area contributed by atoms with Gasteiger partial charge in [-0.1, -0.05) is 18.3 Å². The molecule has 2 N–H and O–H groups in total. The van der Waals surface area contributed by atoms with E-state index in [-0.39, 0.29) is 5.91 Å². The van der Waals surface area contributed by atoms with Gasteiger partial charge in [-0.25, -0.2) is 0 Å². The maximum Gasteiger partial charge on any atom is 0.225 e. The van der Waals surface area contributed by atoms with E-state index in [0.29, 0.717) is 17.5 Å². The Morgan fingerprint density at radius 2 is 2.25 bits per heavy atom. The first-order valence-electron chi connectivity index (χ1n) is 5.63. The van der Waals surface area contributed by atoms with E-state index in [9.17, 15) is 4.79 Å². The Hall–Kier alpha value is -1.01. The maximum atomic E-state index is 11.2. The molecule has 0 unspecified atom stereocenters. The lowest BCUT2D eigenvalue weighted by atomic mass is 9.99. The topological polar surface area (TPSA) is 66.9 Å². The third kappa shape index (κ3) is 2.76. The Morgan fingerprint density at radius 1 is 1.50 bits per heavy atom. The van der Waals surface area contributed by atoms with Gasteiger partial charge in [-0.05, 0) is 25.9 Å². The van der Waals surface area contributed by atoms with E-state index in [0.717, 1.165) is 30.9 Å². The third-order valence-electron chi connectivity index (χ3n) is 2.70. The Kier molecular flexibility index (Phi) is 3.84. The van der Waals surface area contributed by atoms with Gasteiger partial charge in [0.25, 0.3) is 0 Å². The number of piperidine rings is 1. The van der Waals surface area contributed by atoms with Crippen molar-refractivity contribution < 1.29 is 4.79 Å². The fourth-order valence-electron chi connectivity index (χ4n) is 1.73. The molecule has 2 heterocycles. The van der Waals surface area contributed by atoms with Crippen LogP contribution < -0.4 is 10.6 Å². The largest absolute Gasteiger partial charge is 0.317 e. The number of rotatable bonds is 3. The van der Waals surface area contributed by atoms with Crippen molar-refractivity contribution in [3.63, 3.8) is 0 Å². The van der Waals surface area contributed by atoms with E-state index in [1.165, 1.54) is 11.3 Å². The van der Waals surface area contributed by atoms with Crippen LogP contribution in [0.5, 0.6) is 0 Å². The van der Waals surface area contributed by atoms with Crippen molar-refractivity contribution in [3.8, 4) is 0 Å². The highest BCUT2D eigenvalue weighted by molar-refractivity contribution is 7.15. The van der Waals surface area contributed by atoms with Crippen molar-refractivity contribution in [2.75, 3.05) is 18.4 Å². The van der Waals surface area contributed by atoms with Crippen LogP contribution in [0.25, 0.3) is 0 Å². The van der Waals surface area contributed by atoms with Crippen LogP contribution in [0.4, 0.5) is 5.13 Å². The molecule has 1 fully saturated rings. The average molecular weight is 240 g/mol. The van der Waals surface area contributed by atoms with Crippen molar-refractivity contribution in [2.24, 2.45) is 0 Å². The molecule has 2 rings (SSSR count). The molecule has 6 heteroatoms. The van der Waals surface area contributed by atoms with Crippen LogP contribution in [0, 0.1) is 0 Å². The van der Waals surface area contributed by atoms with E-state index in [1.807, 2.05) is 6.92 Å². The molecule has 1 aromatic rings. The van der Waals surface area contributed by atoms with Crippen LogP contribution in [0.1, 0.15) is 37.1 Å². The number of amides is 1. The molecule has 0 atom stereocenters. The van der Waals surface area contributed by atoms with E-state index < -0.39 is 0 Å². The first-order chi connectivity index (χ1) is 7.79. The fraction of sp³-hybridized carbons (Fsp3) is 0.700. The first kappa shape index (κ1) is 11.5. The van der Waals surface area contributed by atoms with Crippen LogP contribution >= 0.6 is 11.3 Å². The van der Waals surface area contributed by atoms with Gasteiger partial charge in [-0.3, -0.25) is 4.79 Å². The summed E-state index contributed by atoms with van der Waals surface area (Å²) in [7, 11) is 0. The molecule has 1 aromatic heterocycles. The smallest absolute Gasteiger partial charge is 0.225 e. The number of aromatic nitrogens is 2. The van der Waals surface area contributed by atoms with Gasteiger partial charge >= 0.3 is 0 Å². The van der Waals surface area contributed by atoms with Gasteiger partial charge in [0.15, 0.2) is 0 Å². The second-order valence-electron chi connectivity index (χ2n) is 3.87. The molecule has 0 radical (unpaired) electrons. The van der Waals surface area contributed by atoms with Crippen molar-refractivity contribution >= 4 is 22.4 Å². The molecule has 1 aliphatic rings. The molecule has 0 aromatic carbocycles. The summed E-state index contributed by atoms with van der Waals surface area (Å²) in [6.45, 7) is 3.91. The van der Waals surface area contributed by atoms with E-state index in [1.54, 1.807) is 0 Å². The number of carbonyl (C=O) groups is 1. The minimum Gasteiger partial charge on any atom is -0.317 e. The highest BCUT2D eigenvalue weighted by atomic mass is 32.1. The molecule has 0 spiro atoms. The Bertz CT molecular complexity index is 359. The van der Waals surface area contributed by atoms with Crippen molar-refractivity contribution in [3.05, 3.63) is 5.01 Å². The standard InChI is InChI=1S/C10H16N4OS/c1-2-8(15)12-10-14-13-9(16-10)7-3-5-11-6-4-7/h7,11H,2-6H2,1H3,(H,12,14,15). The van der Waals surface area contributed by atoms with Gasteiger partial charge < -0.3 is 10.6 Å². The van der Waals surface area contributed by atoms with Crippen molar-refractivity contribution in [2.45, 2.75) is 32.1 Å². The molecule has 1 saturated heterocycles.